The van der Waals surface area contributed by atoms with Gasteiger partial charge in [0.2, 0.25) is 0 Å². The van der Waals surface area contributed by atoms with Gasteiger partial charge in [0.15, 0.2) is 0 Å². The zero-order valence-electron chi connectivity index (χ0n) is 9.54. The molecular weight excluding hydrogens is 269 g/mol. The summed E-state index contributed by atoms with van der Waals surface area (Å²) in [6.07, 6.45) is -4.55. The molecule has 0 radical (unpaired) electrons. The molecule has 1 aromatic carbocycles. The lowest BCUT2D eigenvalue weighted by Gasteiger charge is -2.23. The second-order valence-corrected chi connectivity index (χ2v) is 4.29. The molecule has 2 atom stereocenters. The van der Waals surface area contributed by atoms with Gasteiger partial charge in [0.25, 0.3) is 0 Å². The van der Waals surface area contributed by atoms with Gasteiger partial charge in [0, 0.05) is 5.88 Å². The molecule has 0 aliphatic rings. The van der Waals surface area contributed by atoms with Crippen molar-refractivity contribution < 1.29 is 23.1 Å². The smallest absolute Gasteiger partial charge is 0.392 e. The number of carbonyl (C=O) groups is 1. The van der Waals surface area contributed by atoms with Gasteiger partial charge in [-0.05, 0) is 11.1 Å². The number of carboxylic acid groups (broad SMARTS) is 1. The minimum absolute atomic E-state index is 0.126. The molecule has 0 amide bonds. The first-order valence-corrected chi connectivity index (χ1v) is 5.75. The maximum atomic E-state index is 12.6. The van der Waals surface area contributed by atoms with Crippen molar-refractivity contribution in [2.45, 2.75) is 24.9 Å². The fourth-order valence-electron chi connectivity index (χ4n) is 1.65. The van der Waals surface area contributed by atoms with Crippen LogP contribution in [0.1, 0.15) is 24.0 Å². The predicted octanol–water partition coefficient (Wildman–Crippen LogP) is 3.79. The van der Waals surface area contributed by atoms with Gasteiger partial charge in [0.1, 0.15) is 0 Å². The summed E-state index contributed by atoms with van der Waals surface area (Å²) in [4.78, 5) is 11.0. The highest BCUT2D eigenvalue weighted by Crippen LogP contribution is 2.37. The normalized spacial score (nSPS) is 15.2. The van der Waals surface area contributed by atoms with Crippen molar-refractivity contribution >= 4 is 17.6 Å². The molecule has 100 valence electrons. The number of rotatable bonds is 4. The maximum Gasteiger partial charge on any atom is 0.392 e. The summed E-state index contributed by atoms with van der Waals surface area (Å²) in [5.41, 5.74) is 0.852. The zero-order chi connectivity index (χ0) is 13.9. The summed E-state index contributed by atoms with van der Waals surface area (Å²) in [6, 6.07) is 5.81. The number of carboxylic acids is 1. The topological polar surface area (TPSA) is 37.3 Å². The van der Waals surface area contributed by atoms with E-state index in [1.165, 1.54) is 24.3 Å². The van der Waals surface area contributed by atoms with E-state index in [2.05, 4.69) is 0 Å². The van der Waals surface area contributed by atoms with Crippen LogP contribution in [0.2, 0.25) is 0 Å². The van der Waals surface area contributed by atoms with Crippen molar-refractivity contribution in [1.29, 1.82) is 0 Å². The number of benzene rings is 1. The van der Waals surface area contributed by atoms with Crippen LogP contribution in [-0.4, -0.2) is 17.3 Å². The quantitative estimate of drug-likeness (QED) is 0.852. The van der Waals surface area contributed by atoms with Gasteiger partial charge in [-0.3, -0.25) is 4.79 Å². The van der Waals surface area contributed by atoms with Gasteiger partial charge in [0.05, 0.1) is 11.8 Å². The van der Waals surface area contributed by atoms with Gasteiger partial charge in [-0.25, -0.2) is 0 Å². The SMILES string of the molecule is C[C@H](C(C(=O)O)c1ccc(CCl)cc1)C(F)(F)F. The Bertz CT molecular complexity index is 414. The predicted molar refractivity (Wildman–Crippen MR) is 61.6 cm³/mol. The summed E-state index contributed by atoms with van der Waals surface area (Å²) < 4.78 is 37.8. The molecule has 0 aliphatic heterocycles. The summed E-state index contributed by atoms with van der Waals surface area (Å²) in [6.45, 7) is 0.869. The molecule has 0 spiro atoms. The van der Waals surface area contributed by atoms with Crippen LogP contribution < -0.4 is 0 Å². The Morgan fingerprint density at radius 2 is 1.83 bits per heavy atom. The number of halogens is 4. The number of alkyl halides is 4. The first kappa shape index (κ1) is 14.8. The summed E-state index contributed by atoms with van der Waals surface area (Å²) in [7, 11) is 0. The zero-order valence-corrected chi connectivity index (χ0v) is 10.3. The molecule has 1 N–H and O–H groups in total. The fraction of sp³-hybridized carbons (Fsp3) is 0.417. The Balaban J connectivity index is 3.08. The van der Waals surface area contributed by atoms with E-state index in [1.54, 1.807) is 0 Å². The van der Waals surface area contributed by atoms with Gasteiger partial charge in [-0.1, -0.05) is 31.2 Å². The number of hydrogen-bond donors (Lipinski definition) is 1. The Labute approximate surface area is 107 Å². The van der Waals surface area contributed by atoms with Gasteiger partial charge < -0.3 is 5.11 Å². The van der Waals surface area contributed by atoms with Crippen LogP contribution in [0.3, 0.4) is 0 Å². The third-order valence-corrected chi connectivity index (χ3v) is 3.08. The summed E-state index contributed by atoms with van der Waals surface area (Å²) in [5, 5.41) is 8.96. The molecule has 0 heterocycles. The average Bonchev–Trinajstić information content (AvgIpc) is 2.28. The molecule has 0 aromatic heterocycles. The molecule has 6 heteroatoms. The molecule has 2 nitrogen and oxygen atoms in total. The van der Waals surface area contributed by atoms with Crippen LogP contribution in [0, 0.1) is 5.92 Å². The molecule has 18 heavy (non-hydrogen) atoms. The van der Waals surface area contributed by atoms with Crippen molar-refractivity contribution in [3.63, 3.8) is 0 Å². The van der Waals surface area contributed by atoms with Crippen molar-refractivity contribution in [3.8, 4) is 0 Å². The van der Waals surface area contributed by atoms with E-state index in [1.807, 2.05) is 0 Å². The Kier molecular flexibility index (Phi) is 4.62. The van der Waals surface area contributed by atoms with Crippen LogP contribution in [0.5, 0.6) is 0 Å². The third kappa shape index (κ3) is 3.38. The van der Waals surface area contributed by atoms with E-state index < -0.39 is 24.0 Å². The van der Waals surface area contributed by atoms with E-state index in [4.69, 9.17) is 16.7 Å². The molecule has 0 fully saturated rings. The number of hydrogen-bond acceptors (Lipinski definition) is 1. The standard InChI is InChI=1S/C12H12ClF3O2/c1-7(12(14,15)16)10(11(17)18)9-4-2-8(6-13)3-5-9/h2-5,7,10H,6H2,1H3,(H,17,18)/t7-,10?/m1/s1. The van der Waals surface area contributed by atoms with Crippen molar-refractivity contribution in [2.24, 2.45) is 5.92 Å². The first-order chi connectivity index (χ1) is 8.27. The minimum Gasteiger partial charge on any atom is -0.481 e. The highest BCUT2D eigenvalue weighted by atomic mass is 35.5. The molecule has 1 aromatic rings. The lowest BCUT2D eigenvalue weighted by Crippen LogP contribution is -2.31. The van der Waals surface area contributed by atoms with E-state index in [-0.39, 0.29) is 11.4 Å². The van der Waals surface area contributed by atoms with E-state index in [0.29, 0.717) is 0 Å². The van der Waals surface area contributed by atoms with Crippen LogP contribution in [-0.2, 0) is 10.7 Å². The van der Waals surface area contributed by atoms with E-state index in [0.717, 1.165) is 12.5 Å². The fourth-order valence-corrected chi connectivity index (χ4v) is 1.83. The maximum absolute atomic E-state index is 12.6. The highest BCUT2D eigenvalue weighted by Gasteiger charge is 2.44. The molecule has 0 bridgehead atoms. The van der Waals surface area contributed by atoms with Gasteiger partial charge in [-0.15, -0.1) is 11.6 Å². The molecule has 1 unspecified atom stereocenters. The molecule has 1 rings (SSSR count). The van der Waals surface area contributed by atoms with Crippen molar-refractivity contribution in [2.75, 3.05) is 0 Å². The van der Waals surface area contributed by atoms with Gasteiger partial charge >= 0.3 is 12.1 Å². The lowest BCUT2D eigenvalue weighted by molar-refractivity contribution is -0.183. The summed E-state index contributed by atoms with van der Waals surface area (Å²) >= 11 is 5.56. The molecule has 0 saturated heterocycles. The highest BCUT2D eigenvalue weighted by molar-refractivity contribution is 6.17. The first-order valence-electron chi connectivity index (χ1n) is 5.21. The van der Waals surface area contributed by atoms with E-state index in [9.17, 15) is 18.0 Å². The molecular formula is C12H12ClF3O2. The third-order valence-electron chi connectivity index (χ3n) is 2.78. The monoisotopic (exact) mass is 280 g/mol. The van der Waals surface area contributed by atoms with Crippen LogP contribution in [0.4, 0.5) is 13.2 Å². The largest absolute Gasteiger partial charge is 0.481 e. The second-order valence-electron chi connectivity index (χ2n) is 4.02. The Morgan fingerprint density at radius 3 is 2.17 bits per heavy atom. The van der Waals surface area contributed by atoms with E-state index >= 15 is 0 Å². The second kappa shape index (κ2) is 5.61. The Morgan fingerprint density at radius 1 is 1.33 bits per heavy atom. The van der Waals surface area contributed by atoms with Gasteiger partial charge in [-0.2, -0.15) is 13.2 Å². The van der Waals surface area contributed by atoms with Crippen LogP contribution in [0.15, 0.2) is 24.3 Å². The molecule has 0 saturated carbocycles. The van der Waals surface area contributed by atoms with Crippen molar-refractivity contribution in [1.82, 2.24) is 0 Å². The Hall–Kier alpha value is -1.23. The van der Waals surface area contributed by atoms with Crippen LogP contribution in [0.25, 0.3) is 0 Å². The molecule has 0 aliphatic carbocycles. The summed E-state index contributed by atoms with van der Waals surface area (Å²) in [5.74, 6) is -4.81. The lowest BCUT2D eigenvalue weighted by atomic mass is 9.86. The van der Waals surface area contributed by atoms with Crippen LogP contribution >= 0.6 is 11.6 Å². The van der Waals surface area contributed by atoms with Crippen molar-refractivity contribution in [3.05, 3.63) is 35.4 Å². The number of aliphatic carboxylic acids is 1. The minimum atomic E-state index is -4.55. The average molecular weight is 281 g/mol.